The average Bonchev–Trinajstić information content (AvgIpc) is 2.49. The van der Waals surface area contributed by atoms with E-state index in [2.05, 4.69) is 5.32 Å². The van der Waals surface area contributed by atoms with Crippen molar-refractivity contribution in [2.45, 2.75) is 44.6 Å². The number of nitrogens with one attached hydrogen (secondary N) is 1. The van der Waals surface area contributed by atoms with E-state index in [0.717, 1.165) is 19.3 Å². The van der Waals surface area contributed by atoms with Crippen molar-refractivity contribution < 1.29 is 18.7 Å². The van der Waals surface area contributed by atoms with Gasteiger partial charge in [-0.2, -0.15) is 0 Å². The van der Waals surface area contributed by atoms with E-state index in [-0.39, 0.29) is 5.56 Å². The Balaban J connectivity index is 2.26. The quantitative estimate of drug-likeness (QED) is 0.872. The molecule has 0 atom stereocenters. The van der Waals surface area contributed by atoms with E-state index in [9.17, 15) is 14.0 Å². The highest BCUT2D eigenvalue weighted by atomic mass is 19.1. The maximum Gasteiger partial charge on any atom is 0.331 e. The molecule has 21 heavy (non-hydrogen) atoms. The van der Waals surface area contributed by atoms with Crippen molar-refractivity contribution in [2.24, 2.45) is 0 Å². The highest BCUT2D eigenvalue weighted by molar-refractivity contribution is 5.99. The van der Waals surface area contributed by atoms with Crippen molar-refractivity contribution >= 4 is 11.9 Å². The molecule has 4 nitrogen and oxygen atoms in total. The van der Waals surface area contributed by atoms with Gasteiger partial charge in [-0.15, -0.1) is 0 Å². The third-order valence-corrected chi connectivity index (χ3v) is 4.08. The van der Waals surface area contributed by atoms with Crippen molar-refractivity contribution in [3.05, 3.63) is 35.1 Å². The van der Waals surface area contributed by atoms with Gasteiger partial charge in [0, 0.05) is 5.56 Å². The van der Waals surface area contributed by atoms with Gasteiger partial charge in [0.25, 0.3) is 5.91 Å². The van der Waals surface area contributed by atoms with Crippen LogP contribution in [0.4, 0.5) is 4.39 Å². The summed E-state index contributed by atoms with van der Waals surface area (Å²) in [5.74, 6) is -1.33. The number of amides is 1. The van der Waals surface area contributed by atoms with E-state index < -0.39 is 23.2 Å². The molecule has 1 saturated carbocycles. The fourth-order valence-electron chi connectivity index (χ4n) is 2.85. The molecule has 1 N–H and O–H groups in total. The molecular weight excluding hydrogens is 273 g/mol. The lowest BCUT2D eigenvalue weighted by atomic mass is 9.81. The molecule has 1 amide bonds. The van der Waals surface area contributed by atoms with Gasteiger partial charge in [0.2, 0.25) is 0 Å². The second-order valence-electron chi connectivity index (χ2n) is 5.55. The summed E-state index contributed by atoms with van der Waals surface area (Å²) in [5.41, 5.74) is -0.0587. The average molecular weight is 293 g/mol. The van der Waals surface area contributed by atoms with Crippen LogP contribution in [0.1, 0.15) is 48.0 Å². The summed E-state index contributed by atoms with van der Waals surface area (Å²) in [6, 6.07) is 4.05. The summed E-state index contributed by atoms with van der Waals surface area (Å²) in [6.07, 6.45) is 3.86. The van der Waals surface area contributed by atoms with Crippen LogP contribution in [-0.4, -0.2) is 24.5 Å². The molecule has 2 rings (SSSR count). The van der Waals surface area contributed by atoms with Crippen molar-refractivity contribution in [1.82, 2.24) is 5.32 Å². The number of rotatable bonds is 3. The molecule has 1 fully saturated rings. The Labute approximate surface area is 123 Å². The lowest BCUT2D eigenvalue weighted by Crippen LogP contribution is -2.56. The van der Waals surface area contributed by atoms with Crippen LogP contribution >= 0.6 is 0 Å². The maximum absolute atomic E-state index is 13.3. The number of halogens is 1. The lowest BCUT2D eigenvalue weighted by molar-refractivity contribution is -0.149. The first-order valence-corrected chi connectivity index (χ1v) is 7.15. The predicted octanol–water partition coefficient (Wildman–Crippen LogP) is 2.74. The molecule has 0 bridgehead atoms. The van der Waals surface area contributed by atoms with Crippen LogP contribution in [0.3, 0.4) is 0 Å². The zero-order valence-electron chi connectivity index (χ0n) is 12.4. The summed E-state index contributed by atoms with van der Waals surface area (Å²) in [6.45, 7) is 1.74. The van der Waals surface area contributed by atoms with Gasteiger partial charge in [-0.1, -0.05) is 25.3 Å². The molecule has 0 radical (unpaired) electrons. The molecule has 1 aromatic rings. The minimum Gasteiger partial charge on any atom is -0.467 e. The Kier molecular flexibility index (Phi) is 4.60. The highest BCUT2D eigenvalue weighted by Gasteiger charge is 2.42. The fraction of sp³-hybridized carbons (Fsp3) is 0.500. The van der Waals surface area contributed by atoms with Crippen molar-refractivity contribution in [3.8, 4) is 0 Å². The summed E-state index contributed by atoms with van der Waals surface area (Å²) < 4.78 is 18.2. The molecule has 114 valence electrons. The highest BCUT2D eigenvalue weighted by Crippen LogP contribution is 2.30. The molecule has 0 aliphatic heterocycles. The van der Waals surface area contributed by atoms with E-state index in [4.69, 9.17) is 4.74 Å². The van der Waals surface area contributed by atoms with Gasteiger partial charge >= 0.3 is 5.97 Å². The number of benzene rings is 1. The molecule has 0 aromatic heterocycles. The standard InChI is InChI=1S/C16H20FNO3/c1-11-6-7-12(17)10-13(11)14(19)18-16(15(20)21-2)8-4-3-5-9-16/h6-7,10H,3-5,8-9H2,1-2H3,(H,18,19). The van der Waals surface area contributed by atoms with Crippen molar-refractivity contribution in [3.63, 3.8) is 0 Å². The summed E-state index contributed by atoms with van der Waals surface area (Å²) >= 11 is 0. The molecule has 1 aliphatic carbocycles. The van der Waals surface area contributed by atoms with Crippen LogP contribution in [0, 0.1) is 12.7 Å². The topological polar surface area (TPSA) is 55.4 Å². The molecule has 0 heterocycles. The first kappa shape index (κ1) is 15.5. The van der Waals surface area contributed by atoms with Gasteiger partial charge in [0.15, 0.2) is 0 Å². The summed E-state index contributed by atoms with van der Waals surface area (Å²) in [5, 5.41) is 2.79. The molecule has 0 spiro atoms. The number of carbonyl (C=O) groups excluding carboxylic acids is 2. The van der Waals surface area contributed by atoms with Gasteiger partial charge in [-0.25, -0.2) is 9.18 Å². The van der Waals surface area contributed by atoms with Gasteiger partial charge in [0.1, 0.15) is 11.4 Å². The van der Waals surface area contributed by atoms with E-state index in [1.807, 2.05) is 0 Å². The first-order valence-electron chi connectivity index (χ1n) is 7.15. The van der Waals surface area contributed by atoms with E-state index in [1.165, 1.54) is 19.2 Å². The predicted molar refractivity (Wildman–Crippen MR) is 76.4 cm³/mol. The summed E-state index contributed by atoms with van der Waals surface area (Å²) in [7, 11) is 1.32. The number of esters is 1. The first-order chi connectivity index (χ1) is 9.98. The van der Waals surface area contributed by atoms with Crippen molar-refractivity contribution in [1.29, 1.82) is 0 Å². The Hall–Kier alpha value is -1.91. The van der Waals surface area contributed by atoms with E-state index >= 15 is 0 Å². The number of carbonyl (C=O) groups is 2. The van der Waals surface area contributed by atoms with Crippen LogP contribution in [-0.2, 0) is 9.53 Å². The summed E-state index contributed by atoms with van der Waals surface area (Å²) in [4.78, 5) is 24.5. The third kappa shape index (κ3) is 3.23. The van der Waals surface area contributed by atoms with Crippen LogP contribution in [0.25, 0.3) is 0 Å². The van der Waals surface area contributed by atoms with Gasteiger partial charge < -0.3 is 10.1 Å². The molecule has 0 unspecified atom stereocenters. The number of hydrogen-bond donors (Lipinski definition) is 1. The molecule has 1 aliphatic rings. The Morgan fingerprint density at radius 1 is 1.24 bits per heavy atom. The van der Waals surface area contributed by atoms with Gasteiger partial charge in [0.05, 0.1) is 7.11 Å². The van der Waals surface area contributed by atoms with Crippen LogP contribution in [0.5, 0.6) is 0 Å². The van der Waals surface area contributed by atoms with Crippen molar-refractivity contribution in [2.75, 3.05) is 7.11 Å². The SMILES string of the molecule is COC(=O)C1(NC(=O)c2cc(F)ccc2C)CCCCC1. The second-order valence-corrected chi connectivity index (χ2v) is 5.55. The number of ether oxygens (including phenoxy) is 1. The van der Waals surface area contributed by atoms with Crippen LogP contribution in [0.2, 0.25) is 0 Å². The third-order valence-electron chi connectivity index (χ3n) is 4.08. The second kappa shape index (κ2) is 6.24. The zero-order valence-corrected chi connectivity index (χ0v) is 12.4. The normalized spacial score (nSPS) is 17.1. The monoisotopic (exact) mass is 293 g/mol. The smallest absolute Gasteiger partial charge is 0.331 e. The molecule has 1 aromatic carbocycles. The van der Waals surface area contributed by atoms with E-state index in [1.54, 1.807) is 13.0 Å². The Morgan fingerprint density at radius 3 is 2.52 bits per heavy atom. The number of aryl methyl sites for hydroxylation is 1. The van der Waals surface area contributed by atoms with Crippen LogP contribution in [0.15, 0.2) is 18.2 Å². The Bertz CT molecular complexity index is 550. The maximum atomic E-state index is 13.3. The fourth-order valence-corrected chi connectivity index (χ4v) is 2.85. The lowest BCUT2D eigenvalue weighted by Gasteiger charge is -2.35. The van der Waals surface area contributed by atoms with Gasteiger partial charge in [-0.05, 0) is 37.5 Å². The minimum atomic E-state index is -0.983. The van der Waals surface area contributed by atoms with E-state index in [0.29, 0.717) is 18.4 Å². The molecule has 0 saturated heterocycles. The largest absolute Gasteiger partial charge is 0.467 e. The zero-order chi connectivity index (χ0) is 15.5. The number of hydrogen-bond acceptors (Lipinski definition) is 3. The Morgan fingerprint density at radius 2 is 1.90 bits per heavy atom. The van der Waals surface area contributed by atoms with Gasteiger partial charge in [-0.3, -0.25) is 4.79 Å². The van der Waals surface area contributed by atoms with Crippen LogP contribution < -0.4 is 5.32 Å². The molecule has 5 heteroatoms. The minimum absolute atomic E-state index is 0.254. The molecular formula is C16H20FNO3. The number of methoxy groups -OCH3 is 1.